The van der Waals surface area contributed by atoms with Crippen molar-refractivity contribution in [3.05, 3.63) is 6.33 Å². The Morgan fingerprint density at radius 2 is 2.05 bits per heavy atom. The van der Waals surface area contributed by atoms with Crippen LogP contribution in [0.15, 0.2) is 6.33 Å². The number of nitrogen functional groups attached to an aromatic ring is 1. The molecule has 3 rings (SSSR count). The maximum absolute atomic E-state index is 10.2. The lowest BCUT2D eigenvalue weighted by atomic mass is 10.1. The minimum Gasteiger partial charge on any atom is -0.394 e. The number of rotatable bonds is 3. The molecule has 3 heterocycles. The van der Waals surface area contributed by atoms with E-state index in [0.717, 1.165) is 0 Å². The van der Waals surface area contributed by atoms with Crippen LogP contribution in [0.25, 0.3) is 11.2 Å². The van der Waals surface area contributed by atoms with Gasteiger partial charge < -0.3 is 30.7 Å². The lowest BCUT2D eigenvalue weighted by Gasteiger charge is -2.21. The summed E-state index contributed by atoms with van der Waals surface area (Å²) in [6.07, 6.45) is -2.97. The molecular formula is C12H18N6O4. The molecule has 0 aromatic carbocycles. The largest absolute Gasteiger partial charge is 0.394 e. The van der Waals surface area contributed by atoms with E-state index in [1.54, 1.807) is 19.0 Å². The monoisotopic (exact) mass is 310 g/mol. The second-order valence-corrected chi connectivity index (χ2v) is 5.34. The summed E-state index contributed by atoms with van der Waals surface area (Å²) < 4.78 is 7.10. The lowest BCUT2D eigenvalue weighted by molar-refractivity contribution is -0.0503. The minimum atomic E-state index is -1.23. The molecule has 22 heavy (non-hydrogen) atoms. The van der Waals surface area contributed by atoms with Crippen molar-refractivity contribution in [3.8, 4) is 0 Å². The van der Waals surface area contributed by atoms with Crippen LogP contribution >= 0.6 is 0 Å². The van der Waals surface area contributed by atoms with Crippen molar-refractivity contribution in [2.24, 2.45) is 0 Å². The molecule has 0 bridgehead atoms. The third-order valence-electron chi connectivity index (χ3n) is 3.66. The number of fused-ring (bicyclic) bond motifs is 1. The number of imidazole rings is 1. The number of ether oxygens (including phenoxy) is 1. The van der Waals surface area contributed by atoms with Gasteiger partial charge >= 0.3 is 0 Å². The molecule has 0 saturated carbocycles. The molecule has 1 aliphatic heterocycles. The predicted molar refractivity (Wildman–Crippen MR) is 77.1 cm³/mol. The fourth-order valence-electron chi connectivity index (χ4n) is 2.56. The van der Waals surface area contributed by atoms with E-state index in [1.807, 2.05) is 0 Å². The Bertz CT molecular complexity index is 690. The molecule has 2 aromatic rings. The van der Waals surface area contributed by atoms with Gasteiger partial charge in [0.2, 0.25) is 5.95 Å². The highest BCUT2D eigenvalue weighted by Gasteiger charge is 2.45. The molecule has 1 fully saturated rings. The molecule has 10 heteroatoms. The second kappa shape index (κ2) is 5.32. The van der Waals surface area contributed by atoms with Gasteiger partial charge in [-0.2, -0.15) is 0 Å². The van der Waals surface area contributed by atoms with E-state index in [9.17, 15) is 15.3 Å². The SMILES string of the molecule is CN(C)c1nc2c(N)ncnc2n1[C@@H]1O[C@@H](CO)[C@@H](O)[C@@H]1O. The summed E-state index contributed by atoms with van der Waals surface area (Å²) in [5.74, 6) is 0.649. The minimum absolute atomic E-state index is 0.207. The normalized spacial score (nSPS) is 28.4. The van der Waals surface area contributed by atoms with Gasteiger partial charge in [0.25, 0.3) is 0 Å². The average Bonchev–Trinajstić information content (AvgIpc) is 3.00. The standard InChI is InChI=1S/C12H18N6O4/c1-17(2)12-16-6-9(13)14-4-15-10(6)18(12)11-8(21)7(20)5(3-19)22-11/h4-5,7-8,11,19-21H,3H2,1-2H3,(H2,13,14,15)/t5-,7+,8-,11+/m0/s1. The zero-order valence-electron chi connectivity index (χ0n) is 12.2. The van der Waals surface area contributed by atoms with Gasteiger partial charge in [-0.1, -0.05) is 0 Å². The smallest absolute Gasteiger partial charge is 0.209 e. The number of aliphatic hydroxyl groups is 3. The van der Waals surface area contributed by atoms with Crippen LogP contribution in [0.3, 0.4) is 0 Å². The number of aromatic nitrogens is 4. The summed E-state index contributed by atoms with van der Waals surface area (Å²) in [6.45, 7) is -0.407. The molecule has 0 aliphatic carbocycles. The number of nitrogens with two attached hydrogens (primary N) is 1. The zero-order valence-corrected chi connectivity index (χ0v) is 12.2. The van der Waals surface area contributed by atoms with Crippen LogP contribution in [0.5, 0.6) is 0 Å². The molecule has 0 unspecified atom stereocenters. The van der Waals surface area contributed by atoms with Crippen LogP contribution < -0.4 is 10.6 Å². The Morgan fingerprint density at radius 1 is 1.32 bits per heavy atom. The zero-order chi connectivity index (χ0) is 16.0. The quantitative estimate of drug-likeness (QED) is 0.510. The fourth-order valence-corrected chi connectivity index (χ4v) is 2.56. The van der Waals surface area contributed by atoms with E-state index in [2.05, 4.69) is 15.0 Å². The van der Waals surface area contributed by atoms with Crippen molar-refractivity contribution in [1.82, 2.24) is 19.5 Å². The molecule has 10 nitrogen and oxygen atoms in total. The van der Waals surface area contributed by atoms with E-state index >= 15 is 0 Å². The van der Waals surface area contributed by atoms with E-state index in [0.29, 0.717) is 17.1 Å². The molecule has 0 spiro atoms. The van der Waals surface area contributed by atoms with Gasteiger partial charge in [-0.3, -0.25) is 4.57 Å². The number of hydrogen-bond acceptors (Lipinski definition) is 9. The lowest BCUT2D eigenvalue weighted by Crippen LogP contribution is -2.33. The maximum atomic E-state index is 10.2. The van der Waals surface area contributed by atoms with Crippen LogP contribution in [0, 0.1) is 0 Å². The summed E-state index contributed by atoms with van der Waals surface area (Å²) >= 11 is 0. The van der Waals surface area contributed by atoms with Crippen LogP contribution in [0.2, 0.25) is 0 Å². The van der Waals surface area contributed by atoms with Gasteiger partial charge in [0.1, 0.15) is 24.6 Å². The molecular weight excluding hydrogens is 292 g/mol. The summed E-state index contributed by atoms with van der Waals surface area (Å²) in [7, 11) is 3.53. The van der Waals surface area contributed by atoms with E-state index < -0.39 is 31.1 Å². The van der Waals surface area contributed by atoms with Crippen molar-refractivity contribution in [2.75, 3.05) is 31.3 Å². The van der Waals surface area contributed by atoms with Gasteiger partial charge in [0.15, 0.2) is 23.2 Å². The van der Waals surface area contributed by atoms with E-state index in [-0.39, 0.29) is 5.82 Å². The Labute approximate surface area is 125 Å². The summed E-state index contributed by atoms with van der Waals surface area (Å²) in [6, 6.07) is 0. The van der Waals surface area contributed by atoms with Crippen LogP contribution in [-0.2, 0) is 4.74 Å². The molecule has 4 atom stereocenters. The van der Waals surface area contributed by atoms with Gasteiger partial charge in [0.05, 0.1) is 6.61 Å². The topological polar surface area (TPSA) is 143 Å². The average molecular weight is 310 g/mol. The Hall–Kier alpha value is -2.01. The van der Waals surface area contributed by atoms with Crippen molar-refractivity contribution in [1.29, 1.82) is 0 Å². The van der Waals surface area contributed by atoms with Crippen LogP contribution in [0.1, 0.15) is 6.23 Å². The molecule has 5 N–H and O–H groups in total. The predicted octanol–water partition coefficient (Wildman–Crippen LogP) is -1.91. The van der Waals surface area contributed by atoms with Gasteiger partial charge in [-0.05, 0) is 0 Å². The molecule has 120 valence electrons. The highest BCUT2D eigenvalue weighted by atomic mass is 16.6. The van der Waals surface area contributed by atoms with Gasteiger partial charge in [-0.15, -0.1) is 0 Å². The Balaban J connectivity index is 2.17. The first kappa shape index (κ1) is 14.9. The molecule has 0 amide bonds. The summed E-state index contributed by atoms with van der Waals surface area (Å²) in [5.41, 5.74) is 6.57. The number of nitrogens with zero attached hydrogens (tertiary/aromatic N) is 5. The highest BCUT2D eigenvalue weighted by molar-refractivity contribution is 5.84. The molecule has 1 saturated heterocycles. The van der Waals surface area contributed by atoms with Gasteiger partial charge in [-0.25, -0.2) is 15.0 Å². The summed E-state index contributed by atoms with van der Waals surface area (Å²) in [4.78, 5) is 14.1. The second-order valence-electron chi connectivity index (χ2n) is 5.34. The van der Waals surface area contributed by atoms with Crippen LogP contribution in [-0.4, -0.2) is 73.9 Å². The first-order chi connectivity index (χ1) is 10.5. The van der Waals surface area contributed by atoms with E-state index in [4.69, 9.17) is 10.5 Å². The summed E-state index contributed by atoms with van der Waals surface area (Å²) in [5, 5.41) is 29.4. The number of anilines is 2. The van der Waals surface area contributed by atoms with Crippen molar-refractivity contribution in [3.63, 3.8) is 0 Å². The Kier molecular flexibility index (Phi) is 3.60. The van der Waals surface area contributed by atoms with Gasteiger partial charge in [0, 0.05) is 14.1 Å². The first-order valence-electron chi connectivity index (χ1n) is 6.74. The number of aliphatic hydroxyl groups excluding tert-OH is 3. The molecule has 0 radical (unpaired) electrons. The van der Waals surface area contributed by atoms with E-state index in [1.165, 1.54) is 10.9 Å². The van der Waals surface area contributed by atoms with Crippen molar-refractivity contribution >= 4 is 22.9 Å². The fraction of sp³-hybridized carbons (Fsp3) is 0.583. The third-order valence-corrected chi connectivity index (χ3v) is 3.66. The van der Waals surface area contributed by atoms with Crippen molar-refractivity contribution in [2.45, 2.75) is 24.5 Å². The highest BCUT2D eigenvalue weighted by Crippen LogP contribution is 2.35. The van der Waals surface area contributed by atoms with Crippen LogP contribution in [0.4, 0.5) is 11.8 Å². The maximum Gasteiger partial charge on any atom is 0.209 e. The third kappa shape index (κ3) is 2.08. The van der Waals surface area contributed by atoms with Crippen molar-refractivity contribution < 1.29 is 20.1 Å². The molecule has 2 aromatic heterocycles. The Morgan fingerprint density at radius 3 is 2.64 bits per heavy atom. The molecule has 1 aliphatic rings. The first-order valence-corrected chi connectivity index (χ1v) is 6.74. The number of hydrogen-bond donors (Lipinski definition) is 4.